The van der Waals surface area contributed by atoms with Gasteiger partial charge in [0.1, 0.15) is 0 Å². The van der Waals surface area contributed by atoms with Crippen LogP contribution in [0.4, 0.5) is 0 Å². The van der Waals surface area contributed by atoms with Crippen molar-refractivity contribution in [3.8, 4) is 0 Å². The van der Waals surface area contributed by atoms with Crippen molar-refractivity contribution in [3.05, 3.63) is 0 Å². The highest BCUT2D eigenvalue weighted by molar-refractivity contribution is 7.99. The van der Waals surface area contributed by atoms with E-state index < -0.39 is 0 Å². The molecule has 96 valence electrons. The minimum Gasteiger partial charge on any atom is -0.355 e. The van der Waals surface area contributed by atoms with Gasteiger partial charge in [0.05, 0.1) is 6.54 Å². The lowest BCUT2D eigenvalue weighted by Gasteiger charge is -2.14. The number of hydrogen-bond acceptors (Lipinski definition) is 3. The first-order valence-corrected chi connectivity index (χ1v) is 7.29. The van der Waals surface area contributed by atoms with Gasteiger partial charge in [-0.3, -0.25) is 4.79 Å². The van der Waals surface area contributed by atoms with E-state index in [0.717, 1.165) is 24.6 Å². The minimum atomic E-state index is 0.0996. The van der Waals surface area contributed by atoms with Gasteiger partial charge in [-0.15, -0.1) is 0 Å². The number of nitrogens with one attached hydrogen (secondary N) is 2. The largest absolute Gasteiger partial charge is 0.355 e. The molecule has 0 aliphatic carbocycles. The number of amides is 1. The Bertz CT molecular complexity index is 186. The molecular formula is C12H26N2OS. The number of rotatable bonds is 9. The third kappa shape index (κ3) is 10.3. The van der Waals surface area contributed by atoms with Gasteiger partial charge in [0.25, 0.3) is 0 Å². The van der Waals surface area contributed by atoms with Crippen LogP contribution in [0.2, 0.25) is 0 Å². The van der Waals surface area contributed by atoms with E-state index >= 15 is 0 Å². The molecule has 0 saturated carbocycles. The van der Waals surface area contributed by atoms with E-state index in [1.807, 2.05) is 11.8 Å². The second-order valence-corrected chi connectivity index (χ2v) is 5.64. The van der Waals surface area contributed by atoms with Crippen LogP contribution in [0, 0.1) is 5.92 Å². The highest BCUT2D eigenvalue weighted by Gasteiger charge is 2.05. The Balaban J connectivity index is 3.42. The zero-order valence-corrected chi connectivity index (χ0v) is 11.8. The van der Waals surface area contributed by atoms with Crippen molar-refractivity contribution in [2.75, 3.05) is 24.6 Å². The molecule has 16 heavy (non-hydrogen) atoms. The predicted molar refractivity (Wildman–Crippen MR) is 72.9 cm³/mol. The molecule has 0 radical (unpaired) electrons. The summed E-state index contributed by atoms with van der Waals surface area (Å²) in [5.41, 5.74) is 0. The molecule has 0 aromatic heterocycles. The lowest BCUT2D eigenvalue weighted by atomic mass is 10.3. The van der Waals surface area contributed by atoms with Crippen LogP contribution in [0.5, 0.6) is 0 Å². The first-order chi connectivity index (χ1) is 7.56. The Kier molecular flexibility index (Phi) is 9.83. The van der Waals surface area contributed by atoms with Crippen LogP contribution in [-0.2, 0) is 4.79 Å². The van der Waals surface area contributed by atoms with Crippen molar-refractivity contribution >= 4 is 17.7 Å². The second-order valence-electron chi connectivity index (χ2n) is 4.56. The fourth-order valence-electron chi connectivity index (χ4n) is 1.13. The van der Waals surface area contributed by atoms with Gasteiger partial charge in [-0.05, 0) is 25.0 Å². The van der Waals surface area contributed by atoms with Crippen LogP contribution in [0.1, 0.15) is 34.1 Å². The van der Waals surface area contributed by atoms with Crippen molar-refractivity contribution in [2.24, 2.45) is 5.92 Å². The number of thioether (sulfide) groups is 1. The quantitative estimate of drug-likeness (QED) is 0.653. The molecule has 0 bridgehead atoms. The van der Waals surface area contributed by atoms with Gasteiger partial charge < -0.3 is 10.6 Å². The molecule has 0 saturated heterocycles. The van der Waals surface area contributed by atoms with E-state index in [1.165, 1.54) is 5.75 Å². The normalized spacial score (nSPS) is 12.8. The summed E-state index contributed by atoms with van der Waals surface area (Å²) >= 11 is 1.94. The first-order valence-electron chi connectivity index (χ1n) is 6.14. The summed E-state index contributed by atoms with van der Waals surface area (Å²) in [7, 11) is 0. The van der Waals surface area contributed by atoms with Gasteiger partial charge in [0.2, 0.25) is 5.91 Å². The maximum atomic E-state index is 11.3. The van der Waals surface area contributed by atoms with Crippen molar-refractivity contribution < 1.29 is 4.79 Å². The second kappa shape index (κ2) is 9.97. The Morgan fingerprint density at radius 1 is 1.25 bits per heavy atom. The summed E-state index contributed by atoms with van der Waals surface area (Å²) in [4.78, 5) is 11.3. The highest BCUT2D eigenvalue weighted by Crippen LogP contribution is 2.08. The highest BCUT2D eigenvalue weighted by atomic mass is 32.2. The maximum absolute atomic E-state index is 11.3. The molecule has 0 spiro atoms. The van der Waals surface area contributed by atoms with Crippen LogP contribution in [0.15, 0.2) is 0 Å². The van der Waals surface area contributed by atoms with Crippen LogP contribution in [0.25, 0.3) is 0 Å². The van der Waals surface area contributed by atoms with Gasteiger partial charge in [0.15, 0.2) is 0 Å². The van der Waals surface area contributed by atoms with E-state index in [9.17, 15) is 4.79 Å². The summed E-state index contributed by atoms with van der Waals surface area (Å²) in [5, 5.41) is 6.09. The molecule has 0 aromatic carbocycles. The van der Waals surface area contributed by atoms with Crippen LogP contribution in [0.3, 0.4) is 0 Å². The van der Waals surface area contributed by atoms with Crippen molar-refractivity contribution in [1.82, 2.24) is 10.6 Å². The molecule has 0 aliphatic rings. The van der Waals surface area contributed by atoms with Crippen LogP contribution >= 0.6 is 11.8 Å². The number of carbonyl (C=O) groups is 1. The molecule has 1 atom stereocenters. The molecule has 3 nitrogen and oxygen atoms in total. The lowest BCUT2D eigenvalue weighted by molar-refractivity contribution is -0.120. The number of carbonyl (C=O) groups excluding carboxylic acids is 1. The number of hydrogen-bond donors (Lipinski definition) is 2. The molecule has 0 aliphatic heterocycles. The molecular weight excluding hydrogens is 220 g/mol. The van der Waals surface area contributed by atoms with Gasteiger partial charge in [-0.2, -0.15) is 11.8 Å². The molecule has 4 heteroatoms. The minimum absolute atomic E-state index is 0.0996. The summed E-state index contributed by atoms with van der Waals surface area (Å²) < 4.78 is 0. The van der Waals surface area contributed by atoms with Crippen molar-refractivity contribution in [1.29, 1.82) is 0 Å². The van der Waals surface area contributed by atoms with Gasteiger partial charge in [-0.1, -0.05) is 20.8 Å². The van der Waals surface area contributed by atoms with Crippen LogP contribution in [-0.4, -0.2) is 36.5 Å². The topological polar surface area (TPSA) is 41.1 Å². The summed E-state index contributed by atoms with van der Waals surface area (Å²) in [6, 6.07) is 0.399. The predicted octanol–water partition coefficient (Wildman–Crippen LogP) is 1.88. The SMILES string of the molecule is CCCNC(=O)CNC(C)CSCC(C)C. The average Bonchev–Trinajstić information content (AvgIpc) is 2.23. The third-order valence-corrected chi connectivity index (χ3v) is 3.64. The summed E-state index contributed by atoms with van der Waals surface area (Å²) in [5.74, 6) is 3.10. The van der Waals surface area contributed by atoms with E-state index in [2.05, 4.69) is 38.3 Å². The van der Waals surface area contributed by atoms with Crippen molar-refractivity contribution in [3.63, 3.8) is 0 Å². The Hall–Kier alpha value is -0.220. The van der Waals surface area contributed by atoms with Gasteiger partial charge in [-0.25, -0.2) is 0 Å². The Morgan fingerprint density at radius 2 is 1.94 bits per heavy atom. The summed E-state index contributed by atoms with van der Waals surface area (Å²) in [6.07, 6.45) is 0.992. The van der Waals surface area contributed by atoms with Crippen molar-refractivity contribution in [2.45, 2.75) is 40.2 Å². The van der Waals surface area contributed by atoms with Gasteiger partial charge >= 0.3 is 0 Å². The van der Waals surface area contributed by atoms with E-state index in [0.29, 0.717) is 12.6 Å². The van der Waals surface area contributed by atoms with Crippen LogP contribution < -0.4 is 10.6 Å². The molecule has 0 aromatic rings. The maximum Gasteiger partial charge on any atom is 0.233 e. The molecule has 1 amide bonds. The average molecular weight is 246 g/mol. The zero-order valence-electron chi connectivity index (χ0n) is 11.0. The first kappa shape index (κ1) is 15.8. The molecule has 0 rings (SSSR count). The van der Waals surface area contributed by atoms with Gasteiger partial charge in [0, 0.05) is 18.3 Å². The third-order valence-electron chi connectivity index (χ3n) is 2.00. The standard InChI is InChI=1S/C12H26N2OS/c1-5-6-13-12(15)7-14-11(4)9-16-8-10(2)3/h10-11,14H,5-9H2,1-4H3,(H,13,15). The molecule has 0 heterocycles. The van der Waals surface area contributed by atoms with E-state index in [4.69, 9.17) is 0 Å². The zero-order chi connectivity index (χ0) is 12.4. The molecule has 2 N–H and O–H groups in total. The lowest BCUT2D eigenvalue weighted by Crippen LogP contribution is -2.39. The smallest absolute Gasteiger partial charge is 0.233 e. The van der Waals surface area contributed by atoms with E-state index in [-0.39, 0.29) is 5.91 Å². The fourth-order valence-corrected chi connectivity index (χ4v) is 2.21. The van der Waals surface area contributed by atoms with E-state index in [1.54, 1.807) is 0 Å². The molecule has 1 unspecified atom stereocenters. The monoisotopic (exact) mass is 246 g/mol. The Morgan fingerprint density at radius 3 is 2.50 bits per heavy atom. The Labute approximate surface area is 104 Å². The molecule has 0 fully saturated rings. The fraction of sp³-hybridized carbons (Fsp3) is 0.917. The summed E-state index contributed by atoms with van der Waals surface area (Å²) in [6.45, 7) is 9.84.